The molecular weight excluding hydrogens is 626 g/mol. The summed E-state index contributed by atoms with van der Waals surface area (Å²) in [5.74, 6) is -3.63. The minimum Gasteiger partial charge on any atom is -0.342 e. The quantitative estimate of drug-likeness (QED) is 0.202. The number of ketones is 2. The third-order valence-electron chi connectivity index (χ3n) is 11.5. The molecule has 266 valence electrons. The number of rotatable bonds is 11. The van der Waals surface area contributed by atoms with Crippen LogP contribution in [0, 0.1) is 29.1 Å². The van der Waals surface area contributed by atoms with Gasteiger partial charge in [0.2, 0.25) is 29.3 Å². The highest BCUT2D eigenvalue weighted by Crippen LogP contribution is 2.44. The van der Waals surface area contributed by atoms with Gasteiger partial charge in [-0.25, -0.2) is 4.98 Å². The van der Waals surface area contributed by atoms with E-state index < -0.39 is 64.4 Å². The lowest BCUT2D eigenvalue weighted by molar-refractivity contribution is -0.162. The van der Waals surface area contributed by atoms with Crippen LogP contribution in [-0.2, 0) is 24.0 Å². The lowest BCUT2D eigenvalue weighted by atomic mass is 9.68. The SMILES string of the molecule is CCC1C(=O)C(=O)C1(NC(=O)C1C2CCCC2CN1C(=O)C(NC(=O)C(NC(=O)c1cnccn1)C1CCCCC1)C(C)(C)C)NC1CC1. The number of nitrogens with zero attached hydrogens (tertiary/aromatic N) is 3. The average molecular weight is 678 g/mol. The van der Waals surface area contributed by atoms with E-state index in [0.717, 1.165) is 64.2 Å². The zero-order valence-electron chi connectivity index (χ0n) is 29.1. The first-order chi connectivity index (χ1) is 23.4. The van der Waals surface area contributed by atoms with E-state index >= 15 is 0 Å². The number of hydrogen-bond donors (Lipinski definition) is 4. The fourth-order valence-corrected chi connectivity index (χ4v) is 8.70. The molecule has 7 atom stereocenters. The second-order valence-corrected chi connectivity index (χ2v) is 15.9. The maximum Gasteiger partial charge on any atom is 0.272 e. The standard InChI is InChI=1S/C36H51N7O6/c1-5-24-28(44)30(45)36(24,41-22-14-15-22)42-33(48)27-23-13-9-12-21(23)19-43(27)34(49)29(35(2,3)4)40-32(47)26(20-10-7-6-8-11-20)39-31(46)25-18-37-16-17-38-25/h16-18,20-24,26-27,29,41H,5-15,19H2,1-4H3,(H,39,46)(H,40,47)(H,42,48). The Kier molecular flexibility index (Phi) is 9.94. The number of aromatic nitrogens is 2. The van der Waals surface area contributed by atoms with Crippen molar-refractivity contribution >= 4 is 35.2 Å². The second-order valence-electron chi connectivity index (χ2n) is 15.9. The van der Waals surface area contributed by atoms with E-state index in [4.69, 9.17) is 0 Å². The van der Waals surface area contributed by atoms with Gasteiger partial charge >= 0.3 is 0 Å². The van der Waals surface area contributed by atoms with Crippen molar-refractivity contribution in [3.05, 3.63) is 24.3 Å². The van der Waals surface area contributed by atoms with Crippen LogP contribution in [0.25, 0.3) is 0 Å². The molecule has 1 aromatic heterocycles. The van der Waals surface area contributed by atoms with Gasteiger partial charge in [-0.1, -0.05) is 53.4 Å². The third kappa shape index (κ3) is 6.87. The Bertz CT molecular complexity index is 1470. The Morgan fingerprint density at radius 3 is 2.33 bits per heavy atom. The number of hydrogen-bond acceptors (Lipinski definition) is 9. The molecule has 0 bridgehead atoms. The van der Waals surface area contributed by atoms with Gasteiger partial charge in [-0.15, -0.1) is 0 Å². The normalized spacial score (nSPS) is 29.8. The lowest BCUT2D eigenvalue weighted by Gasteiger charge is -2.47. The van der Waals surface area contributed by atoms with Crippen LogP contribution in [0.4, 0.5) is 0 Å². The van der Waals surface area contributed by atoms with Crippen LogP contribution in [0.2, 0.25) is 0 Å². The molecule has 4 aliphatic carbocycles. The predicted octanol–water partition coefficient (Wildman–Crippen LogP) is 2.06. The Hall–Kier alpha value is -3.74. The van der Waals surface area contributed by atoms with Crippen molar-refractivity contribution in [1.29, 1.82) is 0 Å². The summed E-state index contributed by atoms with van der Waals surface area (Å²) < 4.78 is 0. The van der Waals surface area contributed by atoms with Gasteiger partial charge in [0.15, 0.2) is 5.66 Å². The van der Waals surface area contributed by atoms with Gasteiger partial charge < -0.3 is 20.9 Å². The molecule has 2 heterocycles. The molecule has 0 spiro atoms. The molecule has 0 aromatic carbocycles. The molecule has 6 rings (SSSR count). The first kappa shape index (κ1) is 35.1. The Morgan fingerprint density at radius 1 is 0.959 bits per heavy atom. The van der Waals surface area contributed by atoms with Crippen molar-refractivity contribution in [3.8, 4) is 0 Å². The van der Waals surface area contributed by atoms with Crippen LogP contribution < -0.4 is 21.3 Å². The number of carbonyl (C=O) groups is 6. The summed E-state index contributed by atoms with van der Waals surface area (Å²) in [7, 11) is 0. The molecule has 5 aliphatic rings. The fraction of sp³-hybridized carbons (Fsp3) is 0.722. The van der Waals surface area contributed by atoms with E-state index in [1.54, 1.807) is 4.90 Å². The molecule has 13 nitrogen and oxygen atoms in total. The summed E-state index contributed by atoms with van der Waals surface area (Å²) in [6.07, 6.45) is 13.4. The minimum atomic E-state index is -1.46. The van der Waals surface area contributed by atoms with E-state index in [-0.39, 0.29) is 35.4 Å². The molecule has 4 saturated carbocycles. The van der Waals surface area contributed by atoms with Gasteiger partial charge in [0.05, 0.1) is 12.1 Å². The number of nitrogens with one attached hydrogen (secondary N) is 4. The van der Waals surface area contributed by atoms with Gasteiger partial charge in [-0.3, -0.25) is 39.1 Å². The van der Waals surface area contributed by atoms with Crippen molar-refractivity contribution in [2.45, 2.75) is 128 Å². The molecule has 13 heteroatoms. The van der Waals surface area contributed by atoms with E-state index in [9.17, 15) is 28.8 Å². The lowest BCUT2D eigenvalue weighted by Crippen LogP contribution is -2.80. The molecule has 5 fully saturated rings. The number of Topliss-reactive ketones (excluding diaryl/α,β-unsaturated/α-hetero) is 2. The van der Waals surface area contributed by atoms with Crippen molar-refractivity contribution in [2.75, 3.05) is 6.54 Å². The van der Waals surface area contributed by atoms with Crippen LogP contribution in [0.15, 0.2) is 18.6 Å². The maximum atomic E-state index is 14.7. The van der Waals surface area contributed by atoms with E-state index in [1.807, 2.05) is 27.7 Å². The zero-order chi connectivity index (χ0) is 35.1. The average Bonchev–Trinajstić information content (AvgIpc) is 3.65. The van der Waals surface area contributed by atoms with Gasteiger partial charge in [0.25, 0.3) is 5.91 Å². The molecule has 1 aromatic rings. The van der Waals surface area contributed by atoms with Crippen LogP contribution in [0.3, 0.4) is 0 Å². The van der Waals surface area contributed by atoms with Crippen molar-refractivity contribution in [1.82, 2.24) is 36.1 Å². The molecule has 1 aliphatic heterocycles. The molecular formula is C36H51N7O6. The summed E-state index contributed by atoms with van der Waals surface area (Å²) in [6.45, 7) is 7.81. The van der Waals surface area contributed by atoms with Gasteiger partial charge in [0, 0.05) is 25.0 Å². The molecule has 49 heavy (non-hydrogen) atoms. The first-order valence-electron chi connectivity index (χ1n) is 18.2. The van der Waals surface area contributed by atoms with Crippen LogP contribution in [-0.4, -0.2) is 86.4 Å². The topological polar surface area (TPSA) is 180 Å². The number of likely N-dealkylation sites (tertiary alicyclic amines) is 1. The molecule has 4 amide bonds. The molecule has 7 unspecified atom stereocenters. The first-order valence-corrected chi connectivity index (χ1v) is 18.2. The number of carbonyl (C=O) groups excluding carboxylic acids is 6. The van der Waals surface area contributed by atoms with Crippen molar-refractivity contribution in [2.24, 2.45) is 29.1 Å². The zero-order valence-corrected chi connectivity index (χ0v) is 29.1. The van der Waals surface area contributed by atoms with Gasteiger partial charge in [0.1, 0.15) is 23.8 Å². The van der Waals surface area contributed by atoms with Gasteiger partial charge in [-0.2, -0.15) is 0 Å². The minimum absolute atomic E-state index is 0.0546. The van der Waals surface area contributed by atoms with E-state index in [1.165, 1.54) is 18.6 Å². The Balaban J connectivity index is 1.25. The largest absolute Gasteiger partial charge is 0.342 e. The molecule has 4 N–H and O–H groups in total. The summed E-state index contributed by atoms with van der Waals surface area (Å²) in [6, 6.07) is -2.67. The van der Waals surface area contributed by atoms with Crippen molar-refractivity contribution < 1.29 is 28.8 Å². The monoisotopic (exact) mass is 677 g/mol. The Morgan fingerprint density at radius 2 is 1.69 bits per heavy atom. The summed E-state index contributed by atoms with van der Waals surface area (Å²) in [4.78, 5) is 91.8. The third-order valence-corrected chi connectivity index (χ3v) is 11.5. The van der Waals surface area contributed by atoms with Gasteiger partial charge in [-0.05, 0) is 68.1 Å². The Labute approximate surface area is 287 Å². The summed E-state index contributed by atoms with van der Waals surface area (Å²) in [5.41, 5.74) is -2.10. The maximum absolute atomic E-state index is 14.7. The highest BCUT2D eigenvalue weighted by Gasteiger charge is 2.64. The summed E-state index contributed by atoms with van der Waals surface area (Å²) in [5, 5.41) is 12.2. The number of fused-ring (bicyclic) bond motifs is 1. The summed E-state index contributed by atoms with van der Waals surface area (Å²) >= 11 is 0. The number of amides is 4. The van der Waals surface area contributed by atoms with E-state index in [2.05, 4.69) is 31.2 Å². The van der Waals surface area contributed by atoms with E-state index in [0.29, 0.717) is 13.0 Å². The second kappa shape index (κ2) is 13.9. The molecule has 1 saturated heterocycles. The molecule has 0 radical (unpaired) electrons. The fourth-order valence-electron chi connectivity index (χ4n) is 8.70. The smallest absolute Gasteiger partial charge is 0.272 e. The van der Waals surface area contributed by atoms with Crippen LogP contribution >= 0.6 is 0 Å². The van der Waals surface area contributed by atoms with Crippen LogP contribution in [0.1, 0.15) is 109 Å². The van der Waals surface area contributed by atoms with Crippen LogP contribution in [0.5, 0.6) is 0 Å². The highest BCUT2D eigenvalue weighted by molar-refractivity contribution is 6.49. The van der Waals surface area contributed by atoms with Crippen molar-refractivity contribution in [3.63, 3.8) is 0 Å². The highest BCUT2D eigenvalue weighted by atomic mass is 16.2. The predicted molar refractivity (Wildman–Crippen MR) is 178 cm³/mol.